The Morgan fingerprint density at radius 3 is 1.58 bits per heavy atom. The molecule has 0 radical (unpaired) electrons. The fourth-order valence-corrected chi connectivity index (χ4v) is 5.32. The van der Waals surface area contributed by atoms with Crippen LogP contribution < -0.4 is 11.1 Å². The van der Waals surface area contributed by atoms with E-state index >= 15 is 0 Å². The first-order chi connectivity index (χ1) is 17.7. The highest BCUT2D eigenvalue weighted by atomic mass is 16.2. The maximum atomic E-state index is 14.1. The summed E-state index contributed by atoms with van der Waals surface area (Å²) in [6, 6.07) is 39.1. The van der Waals surface area contributed by atoms with Gasteiger partial charge in [-0.05, 0) is 59.3 Å². The summed E-state index contributed by atoms with van der Waals surface area (Å²) in [5.41, 5.74) is 3.01. The van der Waals surface area contributed by atoms with Crippen LogP contribution in [0.15, 0.2) is 131 Å². The molecule has 0 atom stereocenters. The highest BCUT2D eigenvalue weighted by Crippen LogP contribution is 2.35. The van der Waals surface area contributed by atoms with Gasteiger partial charge in [0.05, 0.1) is 16.7 Å². The van der Waals surface area contributed by atoms with Crippen LogP contribution in [0.25, 0.3) is 54.7 Å². The predicted octanol–water partition coefficient (Wildman–Crippen LogP) is 6.60. The summed E-state index contributed by atoms with van der Waals surface area (Å²) in [6.45, 7) is 0. The van der Waals surface area contributed by atoms with E-state index < -0.39 is 0 Å². The lowest BCUT2D eigenvalue weighted by atomic mass is 10.0. The molecule has 0 N–H and O–H groups in total. The molecule has 0 amide bonds. The molecule has 7 aromatic rings. The van der Waals surface area contributed by atoms with E-state index in [1.54, 1.807) is 18.2 Å². The maximum Gasteiger partial charge on any atom is 0.265 e. The molecule has 0 spiro atoms. The summed E-state index contributed by atoms with van der Waals surface area (Å²) in [7, 11) is 0. The van der Waals surface area contributed by atoms with E-state index in [2.05, 4.69) is 34.9 Å². The number of benzene rings is 5. The van der Waals surface area contributed by atoms with Crippen molar-refractivity contribution in [3.05, 3.63) is 142 Å². The van der Waals surface area contributed by atoms with Crippen LogP contribution in [-0.4, -0.2) is 9.13 Å². The van der Waals surface area contributed by atoms with E-state index in [4.69, 9.17) is 0 Å². The van der Waals surface area contributed by atoms with Crippen LogP contribution in [0.4, 0.5) is 0 Å². The Kier molecular flexibility index (Phi) is 4.42. The highest BCUT2D eigenvalue weighted by molar-refractivity contribution is 6.17. The van der Waals surface area contributed by atoms with E-state index in [1.165, 1.54) is 4.57 Å². The fraction of sp³-hybridized carbons (Fsp3) is 0. The third-order valence-corrected chi connectivity index (χ3v) is 6.92. The van der Waals surface area contributed by atoms with Gasteiger partial charge >= 0.3 is 0 Å². The summed E-state index contributed by atoms with van der Waals surface area (Å²) < 4.78 is 3.52. The normalized spacial score (nSPS) is 11.6. The molecule has 7 rings (SSSR count). The van der Waals surface area contributed by atoms with Crippen LogP contribution in [0.1, 0.15) is 0 Å². The Morgan fingerprint density at radius 1 is 0.361 bits per heavy atom. The summed E-state index contributed by atoms with van der Waals surface area (Å²) in [6.07, 6.45) is 0. The van der Waals surface area contributed by atoms with E-state index in [1.807, 2.05) is 72.8 Å². The van der Waals surface area contributed by atoms with Gasteiger partial charge in [0, 0.05) is 27.2 Å². The SMILES string of the molecule is O=c1c2ccccc2c2cc3c(cc2c(=O)n1-c1ccccc1)c1ccccc1n3-c1ccccc1. The first kappa shape index (κ1) is 20.4. The monoisotopic (exact) mass is 464 g/mol. The van der Waals surface area contributed by atoms with E-state index in [-0.39, 0.29) is 11.1 Å². The van der Waals surface area contributed by atoms with Crippen molar-refractivity contribution in [1.82, 2.24) is 9.13 Å². The third kappa shape index (κ3) is 2.88. The zero-order valence-electron chi connectivity index (χ0n) is 19.3. The minimum absolute atomic E-state index is 0.321. The maximum absolute atomic E-state index is 14.1. The molecule has 2 aromatic heterocycles. The molecule has 5 aromatic carbocycles. The molecule has 0 fully saturated rings. The minimum Gasteiger partial charge on any atom is -0.309 e. The molecule has 36 heavy (non-hydrogen) atoms. The molecular weight excluding hydrogens is 444 g/mol. The molecule has 4 nitrogen and oxygen atoms in total. The molecule has 0 bridgehead atoms. The molecule has 2 heterocycles. The summed E-state index contributed by atoms with van der Waals surface area (Å²) in [5.74, 6) is 0. The van der Waals surface area contributed by atoms with Gasteiger partial charge in [-0.15, -0.1) is 0 Å². The second-order valence-corrected chi connectivity index (χ2v) is 8.93. The van der Waals surface area contributed by atoms with Gasteiger partial charge in [0.25, 0.3) is 11.1 Å². The number of aromatic nitrogens is 2. The van der Waals surface area contributed by atoms with Crippen molar-refractivity contribution in [2.75, 3.05) is 0 Å². The van der Waals surface area contributed by atoms with Crippen LogP contribution in [0, 0.1) is 0 Å². The van der Waals surface area contributed by atoms with Gasteiger partial charge in [0.1, 0.15) is 0 Å². The van der Waals surface area contributed by atoms with Crippen LogP contribution in [0.3, 0.4) is 0 Å². The molecule has 0 aliphatic rings. The summed E-state index contributed by atoms with van der Waals surface area (Å²) in [5, 5.41) is 4.57. The number of hydrogen-bond donors (Lipinski definition) is 0. The number of fused-ring (bicyclic) bond motifs is 6. The van der Waals surface area contributed by atoms with Gasteiger partial charge in [-0.2, -0.15) is 0 Å². The van der Waals surface area contributed by atoms with E-state index in [9.17, 15) is 9.59 Å². The third-order valence-electron chi connectivity index (χ3n) is 6.92. The first-order valence-corrected chi connectivity index (χ1v) is 11.9. The zero-order chi connectivity index (χ0) is 24.2. The Morgan fingerprint density at radius 2 is 0.889 bits per heavy atom. The fourth-order valence-electron chi connectivity index (χ4n) is 5.32. The summed E-state index contributed by atoms with van der Waals surface area (Å²) in [4.78, 5) is 27.8. The number of rotatable bonds is 2. The van der Waals surface area contributed by atoms with Crippen LogP contribution >= 0.6 is 0 Å². The van der Waals surface area contributed by atoms with Crippen molar-refractivity contribution >= 4 is 43.4 Å². The standard InChI is InChI=1S/C32H20N2O2/c35-31-25-17-8-7-15-23(25)26-20-30-27(19-28(26)32(36)34(31)22-13-5-2-6-14-22)24-16-9-10-18-29(24)33(30)21-11-3-1-4-12-21/h1-20H. The van der Waals surface area contributed by atoms with E-state index in [0.717, 1.165) is 38.3 Å². The van der Waals surface area contributed by atoms with Crippen molar-refractivity contribution in [3.8, 4) is 11.4 Å². The molecule has 0 unspecified atom stereocenters. The van der Waals surface area contributed by atoms with Crippen molar-refractivity contribution in [2.45, 2.75) is 0 Å². The Balaban J connectivity index is 1.76. The predicted molar refractivity (Wildman–Crippen MR) is 148 cm³/mol. The Bertz CT molecular complexity index is 2070. The van der Waals surface area contributed by atoms with Crippen molar-refractivity contribution in [2.24, 2.45) is 0 Å². The van der Waals surface area contributed by atoms with Crippen LogP contribution in [0.2, 0.25) is 0 Å². The van der Waals surface area contributed by atoms with E-state index in [0.29, 0.717) is 16.5 Å². The largest absolute Gasteiger partial charge is 0.309 e. The molecular formula is C32H20N2O2. The second kappa shape index (κ2) is 7.79. The van der Waals surface area contributed by atoms with Gasteiger partial charge in [-0.1, -0.05) is 72.8 Å². The van der Waals surface area contributed by atoms with Gasteiger partial charge in [0.15, 0.2) is 0 Å². The van der Waals surface area contributed by atoms with Crippen molar-refractivity contribution < 1.29 is 0 Å². The van der Waals surface area contributed by atoms with Gasteiger partial charge in [0.2, 0.25) is 0 Å². The molecule has 170 valence electrons. The zero-order valence-corrected chi connectivity index (χ0v) is 19.3. The molecule has 0 saturated carbocycles. The quantitative estimate of drug-likeness (QED) is 0.289. The molecule has 4 heteroatoms. The lowest BCUT2D eigenvalue weighted by Gasteiger charge is -2.08. The number of hydrogen-bond acceptors (Lipinski definition) is 2. The van der Waals surface area contributed by atoms with Crippen molar-refractivity contribution in [3.63, 3.8) is 0 Å². The summed E-state index contributed by atoms with van der Waals surface area (Å²) >= 11 is 0. The molecule has 0 saturated heterocycles. The second-order valence-electron chi connectivity index (χ2n) is 8.93. The average Bonchev–Trinajstić information content (AvgIpc) is 3.22. The number of para-hydroxylation sites is 3. The Labute approximate surface area is 205 Å². The van der Waals surface area contributed by atoms with Crippen LogP contribution in [-0.2, 0) is 0 Å². The lowest BCUT2D eigenvalue weighted by molar-refractivity contribution is 0.976. The lowest BCUT2D eigenvalue weighted by Crippen LogP contribution is -2.28. The minimum atomic E-state index is -0.323. The van der Waals surface area contributed by atoms with Crippen LogP contribution in [0.5, 0.6) is 0 Å². The number of nitrogens with zero attached hydrogens (tertiary/aromatic N) is 2. The van der Waals surface area contributed by atoms with Crippen molar-refractivity contribution in [1.29, 1.82) is 0 Å². The smallest absolute Gasteiger partial charge is 0.265 e. The molecule has 0 aliphatic carbocycles. The topological polar surface area (TPSA) is 44.0 Å². The van der Waals surface area contributed by atoms with Gasteiger partial charge in [-0.25, -0.2) is 4.57 Å². The van der Waals surface area contributed by atoms with Gasteiger partial charge < -0.3 is 4.57 Å². The highest BCUT2D eigenvalue weighted by Gasteiger charge is 2.17. The van der Waals surface area contributed by atoms with Gasteiger partial charge in [-0.3, -0.25) is 9.59 Å². The Hall–Kier alpha value is -4.96. The average molecular weight is 465 g/mol. The molecule has 0 aliphatic heterocycles. The first-order valence-electron chi connectivity index (χ1n) is 11.9.